The molecule has 1 rings (SSSR count). The molecule has 1 atom stereocenters. The Bertz CT molecular complexity index is 198. The summed E-state index contributed by atoms with van der Waals surface area (Å²) in [5.41, 5.74) is -0.145. The lowest BCUT2D eigenvalue weighted by Crippen LogP contribution is -2.23. The fourth-order valence-corrected chi connectivity index (χ4v) is 1.97. The third kappa shape index (κ3) is 3.69. The van der Waals surface area contributed by atoms with E-state index in [4.69, 9.17) is 4.74 Å². The number of ether oxygens (including phenoxy) is 1. The van der Waals surface area contributed by atoms with Gasteiger partial charge in [-0.05, 0) is 32.1 Å². The molecule has 0 aromatic heterocycles. The molecule has 0 aromatic carbocycles. The van der Waals surface area contributed by atoms with Crippen LogP contribution in [0, 0.1) is 5.92 Å². The lowest BCUT2D eigenvalue weighted by molar-refractivity contribution is -0.147. The molecule has 1 aliphatic heterocycles. The van der Waals surface area contributed by atoms with E-state index in [1.807, 2.05) is 0 Å². The fourth-order valence-electron chi connectivity index (χ4n) is 1.97. The zero-order valence-electron chi connectivity index (χ0n) is 9.64. The Balaban J connectivity index is 2.14. The van der Waals surface area contributed by atoms with Crippen LogP contribution in [0.2, 0.25) is 0 Å². The summed E-state index contributed by atoms with van der Waals surface area (Å²) in [6.45, 7) is 6.56. The number of hydrogen-bond donors (Lipinski definition) is 0. The lowest BCUT2D eigenvalue weighted by Gasteiger charge is -2.22. The molecule has 2 heteroatoms. The molecule has 0 amide bonds. The average molecular weight is 198 g/mol. The first-order valence-electron chi connectivity index (χ1n) is 5.74. The van der Waals surface area contributed by atoms with Crippen molar-refractivity contribution >= 4 is 5.97 Å². The van der Waals surface area contributed by atoms with Gasteiger partial charge in [0.2, 0.25) is 0 Å². The molecule has 1 fully saturated rings. The van der Waals surface area contributed by atoms with E-state index < -0.39 is 0 Å². The summed E-state index contributed by atoms with van der Waals surface area (Å²) in [4.78, 5) is 11.0. The zero-order valence-corrected chi connectivity index (χ0v) is 9.64. The molecule has 1 aliphatic rings. The highest BCUT2D eigenvalue weighted by Gasteiger charge is 2.34. The average Bonchev–Trinajstić information content (AvgIpc) is 2.41. The second kappa shape index (κ2) is 4.81. The largest absolute Gasteiger partial charge is 0.459 e. The number of rotatable bonds is 5. The van der Waals surface area contributed by atoms with Crippen molar-refractivity contribution in [1.82, 2.24) is 0 Å². The number of hydrogen-bond acceptors (Lipinski definition) is 2. The molecule has 0 bridgehead atoms. The summed E-state index contributed by atoms with van der Waals surface area (Å²) in [6.07, 6.45) is 6.27. The van der Waals surface area contributed by atoms with Crippen LogP contribution in [0.15, 0.2) is 0 Å². The molecule has 0 radical (unpaired) electrons. The van der Waals surface area contributed by atoms with Gasteiger partial charge >= 0.3 is 5.97 Å². The molecule has 1 saturated heterocycles. The molecule has 0 aromatic rings. The smallest absolute Gasteiger partial charge is 0.306 e. The van der Waals surface area contributed by atoms with Gasteiger partial charge in [-0.1, -0.05) is 26.7 Å². The minimum absolute atomic E-state index is 0.0173. The summed E-state index contributed by atoms with van der Waals surface area (Å²) in [5.74, 6) is 0.769. The van der Waals surface area contributed by atoms with E-state index in [1.165, 1.54) is 19.3 Å². The Morgan fingerprint density at radius 2 is 2.14 bits per heavy atom. The van der Waals surface area contributed by atoms with Gasteiger partial charge in [-0.15, -0.1) is 0 Å². The van der Waals surface area contributed by atoms with Crippen LogP contribution in [-0.2, 0) is 9.53 Å². The van der Waals surface area contributed by atoms with E-state index in [9.17, 15) is 4.79 Å². The number of carbonyl (C=O) groups is 1. The van der Waals surface area contributed by atoms with Gasteiger partial charge in [0.15, 0.2) is 0 Å². The Morgan fingerprint density at radius 3 is 2.64 bits per heavy atom. The van der Waals surface area contributed by atoms with Gasteiger partial charge in [-0.3, -0.25) is 4.79 Å². The lowest BCUT2D eigenvalue weighted by atomic mass is 9.94. The van der Waals surface area contributed by atoms with Crippen molar-refractivity contribution in [2.24, 2.45) is 5.92 Å². The van der Waals surface area contributed by atoms with Gasteiger partial charge < -0.3 is 4.74 Å². The highest BCUT2D eigenvalue weighted by molar-refractivity contribution is 5.72. The van der Waals surface area contributed by atoms with Gasteiger partial charge in [-0.25, -0.2) is 0 Å². The minimum atomic E-state index is -0.145. The summed E-state index contributed by atoms with van der Waals surface area (Å²) in [6, 6.07) is 0. The Kier molecular flexibility index (Phi) is 3.97. The van der Waals surface area contributed by atoms with Crippen LogP contribution < -0.4 is 0 Å². The van der Waals surface area contributed by atoms with Crippen molar-refractivity contribution in [3.8, 4) is 0 Å². The topological polar surface area (TPSA) is 26.3 Å². The summed E-state index contributed by atoms with van der Waals surface area (Å²) in [7, 11) is 0. The maximum Gasteiger partial charge on any atom is 0.306 e. The van der Waals surface area contributed by atoms with Crippen LogP contribution in [0.4, 0.5) is 0 Å². The first-order valence-corrected chi connectivity index (χ1v) is 5.74. The van der Waals surface area contributed by atoms with Crippen LogP contribution in [0.3, 0.4) is 0 Å². The Hall–Kier alpha value is -0.530. The van der Waals surface area contributed by atoms with Gasteiger partial charge in [0.25, 0.3) is 0 Å². The molecule has 0 saturated carbocycles. The van der Waals surface area contributed by atoms with Crippen molar-refractivity contribution < 1.29 is 9.53 Å². The first kappa shape index (κ1) is 11.5. The van der Waals surface area contributed by atoms with Crippen LogP contribution in [0.5, 0.6) is 0 Å². The van der Waals surface area contributed by atoms with E-state index in [1.54, 1.807) is 0 Å². The van der Waals surface area contributed by atoms with Crippen LogP contribution in [0.25, 0.3) is 0 Å². The number of cyclic esters (lactones) is 1. The van der Waals surface area contributed by atoms with Crippen LogP contribution in [-0.4, -0.2) is 11.6 Å². The fraction of sp³-hybridized carbons (Fsp3) is 0.917. The zero-order chi connectivity index (χ0) is 10.6. The van der Waals surface area contributed by atoms with Gasteiger partial charge in [0.1, 0.15) is 5.60 Å². The third-order valence-electron chi connectivity index (χ3n) is 2.96. The van der Waals surface area contributed by atoms with Crippen molar-refractivity contribution in [2.75, 3.05) is 0 Å². The molecule has 1 heterocycles. The summed E-state index contributed by atoms with van der Waals surface area (Å²) >= 11 is 0. The predicted molar refractivity (Wildman–Crippen MR) is 57.0 cm³/mol. The molecule has 0 spiro atoms. The monoisotopic (exact) mass is 198 g/mol. The molecule has 1 unspecified atom stereocenters. The summed E-state index contributed by atoms with van der Waals surface area (Å²) in [5, 5.41) is 0. The highest BCUT2D eigenvalue weighted by Crippen LogP contribution is 2.31. The van der Waals surface area contributed by atoms with Crippen molar-refractivity contribution in [3.63, 3.8) is 0 Å². The number of esters is 1. The van der Waals surface area contributed by atoms with E-state index >= 15 is 0 Å². The highest BCUT2D eigenvalue weighted by atomic mass is 16.6. The van der Waals surface area contributed by atoms with Crippen LogP contribution >= 0.6 is 0 Å². The molecular formula is C12H22O2. The number of unbranched alkanes of at least 4 members (excludes halogenated alkanes) is 1. The maximum absolute atomic E-state index is 11.0. The quantitative estimate of drug-likeness (QED) is 0.500. The van der Waals surface area contributed by atoms with E-state index in [0.717, 1.165) is 18.8 Å². The van der Waals surface area contributed by atoms with Crippen LogP contribution in [0.1, 0.15) is 59.3 Å². The second-order valence-corrected chi connectivity index (χ2v) is 5.06. The third-order valence-corrected chi connectivity index (χ3v) is 2.96. The Labute approximate surface area is 87.0 Å². The molecule has 0 aliphatic carbocycles. The normalized spacial score (nSPS) is 27.0. The molecular weight excluding hydrogens is 176 g/mol. The molecule has 14 heavy (non-hydrogen) atoms. The number of carbonyl (C=O) groups excluding carboxylic acids is 1. The maximum atomic E-state index is 11.0. The minimum Gasteiger partial charge on any atom is -0.459 e. The Morgan fingerprint density at radius 1 is 1.43 bits per heavy atom. The molecule has 82 valence electrons. The van der Waals surface area contributed by atoms with E-state index in [0.29, 0.717) is 6.42 Å². The van der Waals surface area contributed by atoms with Gasteiger partial charge in [-0.2, -0.15) is 0 Å². The molecule has 0 N–H and O–H groups in total. The van der Waals surface area contributed by atoms with E-state index in [2.05, 4.69) is 20.8 Å². The van der Waals surface area contributed by atoms with E-state index in [-0.39, 0.29) is 11.6 Å². The predicted octanol–water partition coefficient (Wildman–Crippen LogP) is 3.30. The summed E-state index contributed by atoms with van der Waals surface area (Å²) < 4.78 is 5.32. The van der Waals surface area contributed by atoms with Crippen molar-refractivity contribution in [3.05, 3.63) is 0 Å². The van der Waals surface area contributed by atoms with Gasteiger partial charge in [0.05, 0.1) is 0 Å². The molecule has 2 nitrogen and oxygen atoms in total. The van der Waals surface area contributed by atoms with Gasteiger partial charge in [0, 0.05) is 6.42 Å². The standard InChI is InChI=1S/C12H22O2/c1-10(2)6-4-5-8-12(3)9-7-11(13)14-12/h10H,4-9H2,1-3H3. The van der Waals surface area contributed by atoms with Crippen molar-refractivity contribution in [1.29, 1.82) is 0 Å². The first-order chi connectivity index (χ1) is 6.52. The van der Waals surface area contributed by atoms with Crippen molar-refractivity contribution in [2.45, 2.75) is 64.9 Å². The second-order valence-electron chi connectivity index (χ2n) is 5.06. The SMILES string of the molecule is CC(C)CCCCC1(C)CCC(=O)O1.